The summed E-state index contributed by atoms with van der Waals surface area (Å²) in [4.78, 5) is 30.5. The summed E-state index contributed by atoms with van der Waals surface area (Å²) >= 11 is 1.22. The molecule has 0 unspecified atom stereocenters. The number of aromatic nitrogens is 3. The minimum absolute atomic E-state index is 0.0686. The molecule has 0 fully saturated rings. The van der Waals surface area contributed by atoms with Crippen LogP contribution in [0.4, 0.5) is 0 Å². The van der Waals surface area contributed by atoms with E-state index in [9.17, 15) is 9.59 Å². The lowest BCUT2D eigenvalue weighted by Gasteiger charge is -2.17. The molecule has 0 atom stereocenters. The molecule has 0 bridgehead atoms. The van der Waals surface area contributed by atoms with Gasteiger partial charge in [-0.3, -0.25) is 14.3 Å². The van der Waals surface area contributed by atoms with Gasteiger partial charge in [-0.1, -0.05) is 11.3 Å². The Labute approximate surface area is 149 Å². The number of aryl methyl sites for hydroxylation is 2. The summed E-state index contributed by atoms with van der Waals surface area (Å²) < 4.78 is 6.99. The molecule has 8 nitrogen and oxygen atoms in total. The Morgan fingerprint density at radius 3 is 2.88 bits per heavy atom. The summed E-state index contributed by atoms with van der Waals surface area (Å²) in [5, 5.41) is 7.89. The van der Waals surface area contributed by atoms with Gasteiger partial charge in [-0.2, -0.15) is 5.10 Å². The molecule has 1 aliphatic rings. The molecule has 2 aromatic rings. The number of methoxy groups -OCH3 is 1. The summed E-state index contributed by atoms with van der Waals surface area (Å²) in [7, 11) is 1.53. The minimum Gasteiger partial charge on any atom is -0.473 e. The van der Waals surface area contributed by atoms with Crippen molar-refractivity contribution in [2.75, 3.05) is 13.7 Å². The highest BCUT2D eigenvalue weighted by Crippen LogP contribution is 2.24. The van der Waals surface area contributed by atoms with E-state index in [0.29, 0.717) is 28.9 Å². The highest BCUT2D eigenvalue weighted by molar-refractivity contribution is 7.15. The number of hydrogen-bond acceptors (Lipinski definition) is 6. The van der Waals surface area contributed by atoms with E-state index < -0.39 is 0 Å². The van der Waals surface area contributed by atoms with Crippen LogP contribution in [0.15, 0.2) is 6.07 Å². The average molecular weight is 363 g/mol. The van der Waals surface area contributed by atoms with Crippen LogP contribution >= 0.6 is 11.3 Å². The molecule has 3 rings (SSSR count). The predicted octanol–water partition coefficient (Wildman–Crippen LogP) is 1.34. The lowest BCUT2D eigenvalue weighted by molar-refractivity contribution is -0.129. The van der Waals surface area contributed by atoms with Crippen molar-refractivity contribution < 1.29 is 14.3 Å². The number of rotatable bonds is 4. The first-order valence-corrected chi connectivity index (χ1v) is 8.90. The van der Waals surface area contributed by atoms with Crippen LogP contribution in [0.2, 0.25) is 0 Å². The van der Waals surface area contributed by atoms with Crippen LogP contribution in [0.1, 0.15) is 40.1 Å². The Morgan fingerprint density at radius 1 is 1.40 bits per heavy atom. The van der Waals surface area contributed by atoms with E-state index in [1.165, 1.54) is 18.4 Å². The summed E-state index contributed by atoms with van der Waals surface area (Å²) in [6.07, 6.45) is 0.875. The van der Waals surface area contributed by atoms with Gasteiger partial charge in [0.1, 0.15) is 4.88 Å². The minimum atomic E-state index is -0.188. The lowest BCUT2D eigenvalue weighted by atomic mass is 10.3. The number of ether oxygens (including phenoxy) is 1. The van der Waals surface area contributed by atoms with Crippen molar-refractivity contribution in [3.63, 3.8) is 0 Å². The summed E-state index contributed by atoms with van der Waals surface area (Å²) in [6.45, 7) is 5.78. The summed E-state index contributed by atoms with van der Waals surface area (Å²) in [6, 6.07) is 1.95. The maximum absolute atomic E-state index is 12.3. The molecule has 0 saturated heterocycles. The van der Waals surface area contributed by atoms with E-state index >= 15 is 0 Å². The van der Waals surface area contributed by atoms with Crippen LogP contribution < -0.4 is 10.1 Å². The number of carbonyl (C=O) groups is 2. The fourth-order valence-corrected chi connectivity index (χ4v) is 3.60. The first-order chi connectivity index (χ1) is 12.0. The van der Waals surface area contributed by atoms with Crippen molar-refractivity contribution in [3.05, 3.63) is 28.0 Å². The van der Waals surface area contributed by atoms with E-state index in [1.807, 2.05) is 15.6 Å². The van der Waals surface area contributed by atoms with Crippen molar-refractivity contribution in [2.24, 2.45) is 0 Å². The molecular formula is C16H21N5O3S. The van der Waals surface area contributed by atoms with E-state index in [2.05, 4.69) is 15.4 Å². The van der Waals surface area contributed by atoms with Gasteiger partial charge in [0.2, 0.25) is 5.91 Å². The number of fused-ring (bicyclic) bond motifs is 1. The van der Waals surface area contributed by atoms with Gasteiger partial charge in [-0.25, -0.2) is 4.98 Å². The van der Waals surface area contributed by atoms with Crippen molar-refractivity contribution in [3.8, 4) is 5.19 Å². The third kappa shape index (κ3) is 3.81. The van der Waals surface area contributed by atoms with Crippen LogP contribution in [-0.4, -0.2) is 45.1 Å². The topological polar surface area (TPSA) is 89.3 Å². The maximum atomic E-state index is 12.3. The standard InChI is InChI=1S/C16H21N5O3S/c1-10-14(25-16(18-10)24-3)15(23)17-8-12-7-13-9-20(11(2)22)5-4-6-21(13)19-12/h7H,4-6,8-9H2,1-3H3,(H,17,23). The van der Waals surface area contributed by atoms with Crippen molar-refractivity contribution in [2.45, 2.75) is 39.9 Å². The Kier molecular flexibility index (Phi) is 5.03. The fourth-order valence-electron chi connectivity index (χ4n) is 2.80. The number of carbonyl (C=O) groups excluding carboxylic acids is 2. The van der Waals surface area contributed by atoms with Crippen molar-refractivity contribution >= 4 is 23.2 Å². The lowest BCUT2D eigenvalue weighted by Crippen LogP contribution is -2.28. The first-order valence-electron chi connectivity index (χ1n) is 8.08. The molecule has 25 heavy (non-hydrogen) atoms. The molecular weight excluding hydrogens is 342 g/mol. The van der Waals surface area contributed by atoms with Crippen molar-refractivity contribution in [1.82, 2.24) is 25.0 Å². The van der Waals surface area contributed by atoms with Crippen molar-refractivity contribution in [1.29, 1.82) is 0 Å². The van der Waals surface area contributed by atoms with Crippen LogP contribution in [-0.2, 0) is 24.4 Å². The number of thiazole rings is 1. The van der Waals surface area contributed by atoms with Gasteiger partial charge in [0, 0.05) is 20.0 Å². The number of nitrogens with zero attached hydrogens (tertiary/aromatic N) is 4. The molecule has 0 saturated carbocycles. The molecule has 0 aliphatic carbocycles. The van der Waals surface area contributed by atoms with E-state index in [1.54, 1.807) is 13.8 Å². The second kappa shape index (κ2) is 7.22. The average Bonchev–Trinajstić information content (AvgIpc) is 3.09. The zero-order valence-corrected chi connectivity index (χ0v) is 15.4. The maximum Gasteiger partial charge on any atom is 0.273 e. The van der Waals surface area contributed by atoms with Gasteiger partial charge in [0.15, 0.2) is 0 Å². The summed E-state index contributed by atoms with van der Waals surface area (Å²) in [5.41, 5.74) is 2.42. The largest absolute Gasteiger partial charge is 0.473 e. The number of amides is 2. The van der Waals surface area contributed by atoms with Gasteiger partial charge in [-0.05, 0) is 19.4 Å². The molecule has 2 amide bonds. The summed E-state index contributed by atoms with van der Waals surface area (Å²) in [5.74, 6) is -0.119. The van der Waals surface area contributed by atoms with E-state index in [4.69, 9.17) is 4.74 Å². The zero-order chi connectivity index (χ0) is 18.0. The zero-order valence-electron chi connectivity index (χ0n) is 14.5. The fraction of sp³-hybridized carbons (Fsp3) is 0.500. The second-order valence-corrected chi connectivity index (χ2v) is 6.89. The molecule has 0 spiro atoms. The smallest absolute Gasteiger partial charge is 0.273 e. The molecule has 134 valence electrons. The number of hydrogen-bond donors (Lipinski definition) is 1. The first kappa shape index (κ1) is 17.4. The molecule has 2 aromatic heterocycles. The quantitative estimate of drug-likeness (QED) is 0.885. The van der Waals surface area contributed by atoms with Crippen LogP contribution in [0.25, 0.3) is 0 Å². The van der Waals surface area contributed by atoms with Gasteiger partial charge in [-0.15, -0.1) is 0 Å². The Morgan fingerprint density at radius 2 is 2.20 bits per heavy atom. The van der Waals surface area contributed by atoms with Gasteiger partial charge < -0.3 is 15.0 Å². The molecule has 1 aliphatic heterocycles. The molecule has 9 heteroatoms. The highest BCUT2D eigenvalue weighted by atomic mass is 32.1. The highest BCUT2D eigenvalue weighted by Gasteiger charge is 2.19. The van der Waals surface area contributed by atoms with Gasteiger partial charge in [0.25, 0.3) is 11.1 Å². The monoisotopic (exact) mass is 363 g/mol. The second-order valence-electron chi connectivity index (χ2n) is 5.93. The SMILES string of the molecule is COc1nc(C)c(C(=O)NCc2cc3n(n2)CCCN(C(C)=O)C3)s1. The van der Waals surface area contributed by atoms with Crippen LogP contribution in [0, 0.1) is 6.92 Å². The van der Waals surface area contributed by atoms with Crippen LogP contribution in [0.5, 0.6) is 5.19 Å². The third-order valence-electron chi connectivity index (χ3n) is 4.10. The van der Waals surface area contributed by atoms with Crippen LogP contribution in [0.3, 0.4) is 0 Å². The molecule has 0 aromatic carbocycles. The normalized spacial score (nSPS) is 14.0. The van der Waals surface area contributed by atoms with Gasteiger partial charge in [0.05, 0.1) is 37.3 Å². The number of nitrogens with one attached hydrogen (secondary N) is 1. The van der Waals surface area contributed by atoms with Gasteiger partial charge >= 0.3 is 0 Å². The molecule has 3 heterocycles. The van der Waals surface area contributed by atoms with E-state index in [-0.39, 0.29) is 11.8 Å². The van der Waals surface area contributed by atoms with E-state index in [0.717, 1.165) is 30.9 Å². The molecule has 0 radical (unpaired) electrons. The third-order valence-corrected chi connectivity index (χ3v) is 5.22. The Balaban J connectivity index is 1.66. The Hall–Kier alpha value is -2.42. The predicted molar refractivity (Wildman–Crippen MR) is 92.5 cm³/mol. The Bertz CT molecular complexity index is 798. The molecule has 1 N–H and O–H groups in total.